The van der Waals surface area contributed by atoms with Crippen LogP contribution in [0.5, 0.6) is 5.75 Å². The van der Waals surface area contributed by atoms with E-state index in [-0.39, 0.29) is 17.9 Å². The van der Waals surface area contributed by atoms with Gasteiger partial charge in [-0.25, -0.2) is 4.79 Å². The summed E-state index contributed by atoms with van der Waals surface area (Å²) in [5, 5.41) is 12.4. The number of halogens is 1. The molecule has 3 aromatic rings. The highest BCUT2D eigenvalue weighted by molar-refractivity contribution is 6.30. The second-order valence-electron chi connectivity index (χ2n) is 4.92. The summed E-state index contributed by atoms with van der Waals surface area (Å²) in [6, 6.07) is 17.7. The fourth-order valence-corrected chi connectivity index (χ4v) is 2.33. The Morgan fingerprint density at radius 1 is 1.00 bits per heavy atom. The average Bonchev–Trinajstić information content (AvgIpc) is 2.53. The first-order chi connectivity index (χ1) is 10.6. The zero-order chi connectivity index (χ0) is 15.5. The molecule has 0 heterocycles. The Bertz CT molecular complexity index is 825. The lowest BCUT2D eigenvalue weighted by Crippen LogP contribution is -2.05. The maximum atomic E-state index is 12.1. The highest BCUT2D eigenvalue weighted by atomic mass is 35.5. The predicted molar refractivity (Wildman–Crippen MR) is 86.2 cm³/mol. The Labute approximate surface area is 132 Å². The third-order valence-electron chi connectivity index (χ3n) is 3.37. The summed E-state index contributed by atoms with van der Waals surface area (Å²) in [5.74, 6) is -0.641. The number of esters is 1. The van der Waals surface area contributed by atoms with Crippen molar-refractivity contribution in [2.75, 3.05) is 0 Å². The minimum atomic E-state index is -0.557. The Hall–Kier alpha value is -2.52. The van der Waals surface area contributed by atoms with Gasteiger partial charge in [-0.3, -0.25) is 0 Å². The van der Waals surface area contributed by atoms with Crippen molar-refractivity contribution >= 4 is 28.3 Å². The van der Waals surface area contributed by atoms with Gasteiger partial charge in [-0.15, -0.1) is 0 Å². The number of carbonyl (C=O) groups is 1. The lowest BCUT2D eigenvalue weighted by Gasteiger charge is -2.08. The number of fused-ring (bicyclic) bond motifs is 1. The first-order valence-electron chi connectivity index (χ1n) is 6.77. The summed E-state index contributed by atoms with van der Waals surface area (Å²) in [6.45, 7) is 0.127. The smallest absolute Gasteiger partial charge is 0.342 e. The molecule has 0 aliphatic rings. The number of phenolic OH excluding ortho intramolecular Hbond substituents is 1. The molecule has 0 radical (unpaired) electrons. The van der Waals surface area contributed by atoms with E-state index in [0.29, 0.717) is 5.02 Å². The van der Waals surface area contributed by atoms with Crippen LogP contribution in [0.25, 0.3) is 10.8 Å². The van der Waals surface area contributed by atoms with Crippen LogP contribution < -0.4 is 0 Å². The number of hydrogen-bond donors (Lipinski definition) is 1. The number of phenols is 1. The molecular weight excluding hydrogens is 300 g/mol. The Kier molecular flexibility index (Phi) is 3.98. The minimum absolute atomic E-state index is 0.0835. The quantitative estimate of drug-likeness (QED) is 0.721. The van der Waals surface area contributed by atoms with Gasteiger partial charge in [0.15, 0.2) is 0 Å². The lowest BCUT2D eigenvalue weighted by atomic mass is 10.1. The fourth-order valence-electron chi connectivity index (χ4n) is 2.20. The molecule has 0 saturated carbocycles. The van der Waals surface area contributed by atoms with Crippen LogP contribution in [0, 0.1) is 0 Å². The monoisotopic (exact) mass is 312 g/mol. The number of benzene rings is 3. The van der Waals surface area contributed by atoms with Crippen molar-refractivity contribution in [3.63, 3.8) is 0 Å². The van der Waals surface area contributed by atoms with Crippen molar-refractivity contribution < 1.29 is 14.6 Å². The van der Waals surface area contributed by atoms with Gasteiger partial charge in [0, 0.05) is 5.02 Å². The Balaban J connectivity index is 1.79. The molecule has 3 rings (SSSR count). The first kappa shape index (κ1) is 14.4. The topological polar surface area (TPSA) is 46.5 Å². The van der Waals surface area contributed by atoms with Crippen LogP contribution in [0.4, 0.5) is 0 Å². The van der Waals surface area contributed by atoms with Crippen molar-refractivity contribution in [1.82, 2.24) is 0 Å². The van der Waals surface area contributed by atoms with Gasteiger partial charge in [0.2, 0.25) is 0 Å². The highest BCUT2D eigenvalue weighted by Gasteiger charge is 2.14. The van der Waals surface area contributed by atoms with E-state index in [9.17, 15) is 9.90 Å². The van der Waals surface area contributed by atoms with Crippen LogP contribution in [0.2, 0.25) is 5.02 Å². The minimum Gasteiger partial charge on any atom is -0.507 e. The number of aromatic hydroxyl groups is 1. The van der Waals surface area contributed by atoms with Gasteiger partial charge in [-0.1, -0.05) is 48.0 Å². The van der Waals surface area contributed by atoms with Crippen LogP contribution in [-0.2, 0) is 11.3 Å². The number of rotatable bonds is 3. The zero-order valence-electron chi connectivity index (χ0n) is 11.6. The van der Waals surface area contributed by atoms with Crippen molar-refractivity contribution in [3.05, 3.63) is 76.8 Å². The molecule has 22 heavy (non-hydrogen) atoms. The molecule has 0 aliphatic heterocycles. The number of hydrogen-bond acceptors (Lipinski definition) is 3. The van der Waals surface area contributed by atoms with Gasteiger partial charge < -0.3 is 9.84 Å². The summed E-state index contributed by atoms with van der Waals surface area (Å²) < 4.78 is 5.24. The molecule has 3 nitrogen and oxygen atoms in total. The molecule has 0 bridgehead atoms. The molecule has 0 unspecified atom stereocenters. The van der Waals surface area contributed by atoms with Gasteiger partial charge >= 0.3 is 5.97 Å². The van der Waals surface area contributed by atoms with E-state index in [4.69, 9.17) is 16.3 Å². The van der Waals surface area contributed by atoms with E-state index in [1.807, 2.05) is 24.3 Å². The van der Waals surface area contributed by atoms with Gasteiger partial charge in [0.05, 0.1) is 0 Å². The largest absolute Gasteiger partial charge is 0.507 e. The third-order valence-corrected chi connectivity index (χ3v) is 3.62. The van der Waals surface area contributed by atoms with Crippen LogP contribution in [0.3, 0.4) is 0 Å². The second kappa shape index (κ2) is 6.08. The summed E-state index contributed by atoms with van der Waals surface area (Å²) in [4.78, 5) is 12.1. The van der Waals surface area contributed by atoms with Crippen molar-refractivity contribution in [1.29, 1.82) is 0 Å². The number of ether oxygens (including phenoxy) is 1. The molecule has 0 atom stereocenters. The standard InChI is InChI=1S/C18H13ClO3/c19-15-7-5-12(6-8-15)11-22-18(21)16-9-13-3-1-2-4-14(13)10-17(16)20/h1-10,20H,11H2. The van der Waals surface area contributed by atoms with E-state index < -0.39 is 5.97 Å². The maximum Gasteiger partial charge on any atom is 0.342 e. The van der Waals surface area contributed by atoms with Crippen LogP contribution in [0.1, 0.15) is 15.9 Å². The lowest BCUT2D eigenvalue weighted by molar-refractivity contribution is 0.0469. The average molecular weight is 313 g/mol. The first-order valence-corrected chi connectivity index (χ1v) is 7.14. The van der Waals surface area contributed by atoms with Gasteiger partial charge in [-0.2, -0.15) is 0 Å². The van der Waals surface area contributed by atoms with Crippen molar-refractivity contribution in [3.8, 4) is 5.75 Å². The molecule has 110 valence electrons. The summed E-state index contributed by atoms with van der Waals surface area (Å²) in [7, 11) is 0. The summed E-state index contributed by atoms with van der Waals surface area (Å²) in [6.07, 6.45) is 0. The van der Waals surface area contributed by atoms with Crippen LogP contribution in [-0.4, -0.2) is 11.1 Å². The molecular formula is C18H13ClO3. The second-order valence-corrected chi connectivity index (χ2v) is 5.36. The summed E-state index contributed by atoms with van der Waals surface area (Å²) >= 11 is 5.81. The van der Waals surface area contributed by atoms with Gasteiger partial charge in [-0.05, 0) is 40.6 Å². The van der Waals surface area contributed by atoms with E-state index >= 15 is 0 Å². The molecule has 0 fully saturated rings. The van der Waals surface area contributed by atoms with E-state index in [0.717, 1.165) is 16.3 Å². The number of carbonyl (C=O) groups excluding carboxylic acids is 1. The Morgan fingerprint density at radius 3 is 2.32 bits per heavy atom. The van der Waals surface area contributed by atoms with Gasteiger partial charge in [0.25, 0.3) is 0 Å². The molecule has 1 N–H and O–H groups in total. The normalized spacial score (nSPS) is 10.6. The molecule has 0 saturated heterocycles. The van der Waals surface area contributed by atoms with E-state index in [1.54, 1.807) is 36.4 Å². The van der Waals surface area contributed by atoms with E-state index in [1.165, 1.54) is 0 Å². The molecule has 0 aromatic heterocycles. The van der Waals surface area contributed by atoms with Gasteiger partial charge in [0.1, 0.15) is 17.9 Å². The fraction of sp³-hybridized carbons (Fsp3) is 0.0556. The molecule has 0 spiro atoms. The van der Waals surface area contributed by atoms with Crippen molar-refractivity contribution in [2.45, 2.75) is 6.61 Å². The molecule has 4 heteroatoms. The SMILES string of the molecule is O=C(OCc1ccc(Cl)cc1)c1cc2ccccc2cc1O. The maximum absolute atomic E-state index is 12.1. The molecule has 3 aromatic carbocycles. The zero-order valence-corrected chi connectivity index (χ0v) is 12.4. The highest BCUT2D eigenvalue weighted by Crippen LogP contribution is 2.25. The predicted octanol–water partition coefficient (Wildman–Crippen LogP) is 4.56. The summed E-state index contributed by atoms with van der Waals surface area (Å²) in [5.41, 5.74) is 0.991. The van der Waals surface area contributed by atoms with Crippen LogP contribution >= 0.6 is 11.6 Å². The third kappa shape index (κ3) is 3.05. The van der Waals surface area contributed by atoms with E-state index in [2.05, 4.69) is 0 Å². The van der Waals surface area contributed by atoms with Crippen molar-refractivity contribution in [2.24, 2.45) is 0 Å². The van der Waals surface area contributed by atoms with Crippen LogP contribution in [0.15, 0.2) is 60.7 Å². The molecule has 0 aliphatic carbocycles. The Morgan fingerprint density at radius 2 is 1.64 bits per heavy atom. The molecule has 0 amide bonds.